The molecule has 3 rings (SSSR count). The first kappa shape index (κ1) is 17.4. The molecule has 24 heavy (non-hydrogen) atoms. The van der Waals surface area contributed by atoms with Crippen LogP contribution in [0.3, 0.4) is 0 Å². The summed E-state index contributed by atoms with van der Waals surface area (Å²) in [6.07, 6.45) is -1.50. The van der Waals surface area contributed by atoms with Crippen LogP contribution in [0, 0.1) is 0 Å². The predicted molar refractivity (Wildman–Crippen MR) is 82.8 cm³/mol. The summed E-state index contributed by atoms with van der Waals surface area (Å²) in [6.45, 7) is 2.55. The number of ether oxygens (including phenoxy) is 1. The number of hydrogen-bond acceptors (Lipinski definition) is 5. The second-order valence-electron chi connectivity index (χ2n) is 6.37. The number of nitrogens with zero attached hydrogens (tertiary/aromatic N) is 2. The van der Waals surface area contributed by atoms with E-state index in [0.717, 1.165) is 38.2 Å². The lowest BCUT2D eigenvalue weighted by Gasteiger charge is -2.37. The van der Waals surface area contributed by atoms with E-state index >= 15 is 0 Å². The molecule has 0 saturated carbocycles. The van der Waals surface area contributed by atoms with Gasteiger partial charge in [-0.2, -0.15) is 13.2 Å². The summed E-state index contributed by atoms with van der Waals surface area (Å²) in [7, 11) is 0. The molecule has 5 nitrogen and oxygen atoms in total. The second-order valence-corrected chi connectivity index (χ2v) is 6.37. The number of aromatic nitrogens is 1. The SMILES string of the molecule is O[C@@H]1CCOC[C@H]1NC1CCN(c2ccc(C(F)(F)F)cn2)CC1. The quantitative estimate of drug-likeness (QED) is 0.875. The summed E-state index contributed by atoms with van der Waals surface area (Å²) in [5, 5.41) is 13.4. The van der Waals surface area contributed by atoms with Crippen LogP contribution in [-0.4, -0.2) is 54.6 Å². The van der Waals surface area contributed by atoms with Gasteiger partial charge >= 0.3 is 6.18 Å². The number of alkyl halides is 3. The summed E-state index contributed by atoms with van der Waals surface area (Å²) in [5.74, 6) is 0.572. The number of hydrogen-bond donors (Lipinski definition) is 2. The van der Waals surface area contributed by atoms with Gasteiger partial charge in [0.15, 0.2) is 0 Å². The van der Waals surface area contributed by atoms with Gasteiger partial charge in [0.1, 0.15) is 5.82 Å². The Morgan fingerprint density at radius 2 is 1.96 bits per heavy atom. The molecule has 2 aliphatic heterocycles. The molecule has 1 aromatic heterocycles. The van der Waals surface area contributed by atoms with Crippen LogP contribution in [0.5, 0.6) is 0 Å². The van der Waals surface area contributed by atoms with Gasteiger partial charge in [0, 0.05) is 31.9 Å². The predicted octanol–water partition coefficient (Wildman–Crippen LogP) is 1.81. The monoisotopic (exact) mass is 345 g/mol. The fraction of sp³-hybridized carbons (Fsp3) is 0.688. The molecule has 0 spiro atoms. The molecule has 0 unspecified atom stereocenters. The van der Waals surface area contributed by atoms with Crippen molar-refractivity contribution < 1.29 is 23.0 Å². The Morgan fingerprint density at radius 1 is 1.21 bits per heavy atom. The summed E-state index contributed by atoms with van der Waals surface area (Å²) in [6, 6.07) is 2.73. The van der Waals surface area contributed by atoms with Gasteiger partial charge in [0.05, 0.1) is 24.3 Å². The first-order valence-electron chi connectivity index (χ1n) is 8.23. The van der Waals surface area contributed by atoms with Crippen LogP contribution in [-0.2, 0) is 10.9 Å². The molecule has 2 saturated heterocycles. The van der Waals surface area contributed by atoms with Crippen LogP contribution in [0.15, 0.2) is 18.3 Å². The maximum atomic E-state index is 12.6. The maximum absolute atomic E-state index is 12.6. The Morgan fingerprint density at radius 3 is 2.54 bits per heavy atom. The largest absolute Gasteiger partial charge is 0.417 e. The third kappa shape index (κ3) is 4.17. The van der Waals surface area contributed by atoms with Gasteiger partial charge in [-0.1, -0.05) is 0 Å². The van der Waals surface area contributed by atoms with Crippen LogP contribution < -0.4 is 10.2 Å². The van der Waals surface area contributed by atoms with Crippen molar-refractivity contribution in [2.75, 3.05) is 31.2 Å². The summed E-state index contributed by atoms with van der Waals surface area (Å²) in [4.78, 5) is 5.94. The zero-order chi connectivity index (χ0) is 17.2. The van der Waals surface area contributed by atoms with Crippen molar-refractivity contribution in [1.82, 2.24) is 10.3 Å². The topological polar surface area (TPSA) is 57.6 Å². The summed E-state index contributed by atoms with van der Waals surface area (Å²) >= 11 is 0. The van der Waals surface area contributed by atoms with Crippen molar-refractivity contribution in [3.63, 3.8) is 0 Å². The van der Waals surface area contributed by atoms with Crippen molar-refractivity contribution in [2.45, 2.75) is 43.6 Å². The molecule has 2 aliphatic rings. The first-order valence-corrected chi connectivity index (χ1v) is 8.23. The minimum atomic E-state index is -4.36. The molecule has 0 aliphatic carbocycles. The number of pyridine rings is 1. The van der Waals surface area contributed by atoms with Gasteiger partial charge in [-0.3, -0.25) is 0 Å². The zero-order valence-electron chi connectivity index (χ0n) is 13.3. The third-order valence-corrected chi connectivity index (χ3v) is 4.66. The van der Waals surface area contributed by atoms with Crippen LogP contribution in [0.2, 0.25) is 0 Å². The average molecular weight is 345 g/mol. The number of nitrogens with one attached hydrogen (secondary N) is 1. The van der Waals surface area contributed by atoms with E-state index in [0.29, 0.717) is 25.5 Å². The Kier molecular flexibility index (Phi) is 5.27. The Balaban J connectivity index is 1.51. The molecule has 0 amide bonds. The van der Waals surface area contributed by atoms with Crippen molar-refractivity contribution >= 4 is 5.82 Å². The van der Waals surface area contributed by atoms with Crippen LogP contribution in [0.1, 0.15) is 24.8 Å². The first-order chi connectivity index (χ1) is 11.4. The van der Waals surface area contributed by atoms with Gasteiger partial charge in [-0.25, -0.2) is 4.98 Å². The molecule has 2 N–H and O–H groups in total. The minimum absolute atomic E-state index is 0.0421. The number of aliphatic hydroxyl groups excluding tert-OH is 1. The van der Waals surface area contributed by atoms with Gasteiger partial charge < -0.3 is 20.1 Å². The standard InChI is InChI=1S/C16H22F3N3O2/c17-16(18,19)11-1-2-15(20-9-11)22-6-3-12(4-7-22)21-13-10-24-8-5-14(13)23/h1-2,9,12-14,21,23H,3-8,10H2/t13-,14-/m1/s1. The summed E-state index contributed by atoms with van der Waals surface area (Å²) < 4.78 is 43.1. The number of anilines is 1. The highest BCUT2D eigenvalue weighted by Gasteiger charge is 2.31. The molecule has 2 atom stereocenters. The minimum Gasteiger partial charge on any atom is -0.391 e. The Hall–Kier alpha value is -1.38. The van der Waals surface area contributed by atoms with Gasteiger partial charge in [0.25, 0.3) is 0 Å². The van der Waals surface area contributed by atoms with Crippen molar-refractivity contribution in [2.24, 2.45) is 0 Å². The van der Waals surface area contributed by atoms with Crippen LogP contribution >= 0.6 is 0 Å². The zero-order valence-corrected chi connectivity index (χ0v) is 13.3. The number of rotatable bonds is 3. The van der Waals surface area contributed by atoms with E-state index in [2.05, 4.69) is 10.3 Å². The lowest BCUT2D eigenvalue weighted by Crippen LogP contribution is -2.53. The highest BCUT2D eigenvalue weighted by Crippen LogP contribution is 2.29. The lowest BCUT2D eigenvalue weighted by molar-refractivity contribution is -0.137. The molecule has 0 aromatic carbocycles. The highest BCUT2D eigenvalue weighted by molar-refractivity contribution is 5.40. The Bertz CT molecular complexity index is 530. The van der Waals surface area contributed by atoms with E-state index in [1.807, 2.05) is 4.90 Å². The molecule has 0 bridgehead atoms. The fourth-order valence-corrected chi connectivity index (χ4v) is 3.20. The van der Waals surface area contributed by atoms with Crippen LogP contribution in [0.4, 0.5) is 19.0 Å². The lowest BCUT2D eigenvalue weighted by atomic mass is 10.0. The molecule has 1 aromatic rings. The second kappa shape index (κ2) is 7.25. The molecule has 2 fully saturated rings. The molecule has 0 radical (unpaired) electrons. The van der Waals surface area contributed by atoms with Crippen LogP contribution in [0.25, 0.3) is 0 Å². The van der Waals surface area contributed by atoms with Gasteiger partial charge in [-0.15, -0.1) is 0 Å². The number of halogens is 3. The smallest absolute Gasteiger partial charge is 0.391 e. The molecule has 8 heteroatoms. The maximum Gasteiger partial charge on any atom is 0.417 e. The normalized spacial score (nSPS) is 26.6. The Labute approximate surface area is 138 Å². The van der Waals surface area contributed by atoms with Crippen molar-refractivity contribution in [1.29, 1.82) is 0 Å². The molecule has 134 valence electrons. The van der Waals surface area contributed by atoms with E-state index < -0.39 is 11.7 Å². The average Bonchev–Trinajstić information content (AvgIpc) is 2.57. The van der Waals surface area contributed by atoms with E-state index in [4.69, 9.17) is 4.74 Å². The molecular formula is C16H22F3N3O2. The third-order valence-electron chi connectivity index (χ3n) is 4.66. The number of aliphatic hydroxyl groups is 1. The van der Waals surface area contributed by atoms with Crippen molar-refractivity contribution in [3.05, 3.63) is 23.9 Å². The van der Waals surface area contributed by atoms with E-state index in [1.54, 1.807) is 0 Å². The van der Waals surface area contributed by atoms with Gasteiger partial charge in [-0.05, 0) is 31.4 Å². The number of piperidine rings is 1. The van der Waals surface area contributed by atoms with E-state index in [9.17, 15) is 18.3 Å². The van der Waals surface area contributed by atoms with Gasteiger partial charge in [0.2, 0.25) is 0 Å². The van der Waals surface area contributed by atoms with E-state index in [-0.39, 0.29) is 18.2 Å². The molecule has 3 heterocycles. The van der Waals surface area contributed by atoms with Crippen molar-refractivity contribution in [3.8, 4) is 0 Å². The fourth-order valence-electron chi connectivity index (χ4n) is 3.20. The molecular weight excluding hydrogens is 323 g/mol. The highest BCUT2D eigenvalue weighted by atomic mass is 19.4. The summed E-state index contributed by atoms with van der Waals surface area (Å²) in [5.41, 5.74) is -0.728. The van der Waals surface area contributed by atoms with E-state index in [1.165, 1.54) is 6.07 Å².